The molecule has 3 rings (SSSR count). The van der Waals surface area contributed by atoms with Crippen molar-refractivity contribution >= 4 is 41.0 Å². The summed E-state index contributed by atoms with van der Waals surface area (Å²) in [6.07, 6.45) is 0. The molecule has 1 atom stereocenters. The fourth-order valence-corrected chi connectivity index (χ4v) is 3.34. The topological polar surface area (TPSA) is 98.8 Å². The quantitative estimate of drug-likeness (QED) is 0.665. The molecule has 1 aliphatic rings. The summed E-state index contributed by atoms with van der Waals surface area (Å²) in [5.41, 5.74) is -0.563. The number of hydrogen-bond donors (Lipinski definition) is 2. The van der Waals surface area contributed by atoms with Crippen molar-refractivity contribution in [2.75, 3.05) is 25.5 Å². The number of imide groups is 1. The third kappa shape index (κ3) is 4.83. The van der Waals surface area contributed by atoms with E-state index < -0.39 is 41.7 Å². The van der Waals surface area contributed by atoms with Gasteiger partial charge in [-0.2, -0.15) is 0 Å². The van der Waals surface area contributed by atoms with Crippen molar-refractivity contribution in [2.24, 2.45) is 0 Å². The lowest BCUT2D eigenvalue weighted by molar-refractivity contribution is -0.139. The van der Waals surface area contributed by atoms with Gasteiger partial charge in [-0.05, 0) is 42.8 Å². The SMILES string of the molecule is CN(CC(=O)Nc1cccc(Cl)c1)C(=O)CN1C(=O)NC(C)(c2ccc(F)cc2)C1=O. The fourth-order valence-electron chi connectivity index (χ4n) is 3.15. The molecule has 0 aliphatic carbocycles. The largest absolute Gasteiger partial charge is 0.335 e. The second-order valence-corrected chi connectivity index (χ2v) is 7.70. The molecule has 1 heterocycles. The van der Waals surface area contributed by atoms with Crippen molar-refractivity contribution in [1.29, 1.82) is 0 Å². The van der Waals surface area contributed by atoms with Crippen molar-refractivity contribution in [3.63, 3.8) is 0 Å². The van der Waals surface area contributed by atoms with Gasteiger partial charge in [-0.25, -0.2) is 9.18 Å². The predicted octanol–water partition coefficient (Wildman–Crippen LogP) is 2.34. The van der Waals surface area contributed by atoms with E-state index in [1.54, 1.807) is 24.3 Å². The summed E-state index contributed by atoms with van der Waals surface area (Å²) in [5.74, 6) is -2.19. The van der Waals surface area contributed by atoms with Crippen LogP contribution in [0.15, 0.2) is 48.5 Å². The number of amides is 5. The number of halogens is 2. The Kier molecular flexibility index (Phi) is 6.26. The zero-order valence-corrected chi connectivity index (χ0v) is 17.6. The van der Waals surface area contributed by atoms with E-state index in [0.29, 0.717) is 16.3 Å². The number of nitrogens with zero attached hydrogens (tertiary/aromatic N) is 2. The Labute approximate surface area is 183 Å². The standard InChI is InChI=1S/C21H20ClFN4O4/c1-21(13-6-8-15(23)9-7-13)19(30)27(20(31)25-21)12-18(29)26(2)11-17(28)24-16-5-3-4-14(22)10-16/h3-10H,11-12H2,1-2H3,(H,24,28)(H,25,31). The molecule has 2 N–H and O–H groups in total. The molecule has 5 amide bonds. The summed E-state index contributed by atoms with van der Waals surface area (Å²) in [7, 11) is 1.39. The minimum Gasteiger partial charge on any atom is -0.335 e. The highest BCUT2D eigenvalue weighted by Crippen LogP contribution is 2.28. The molecular weight excluding hydrogens is 427 g/mol. The van der Waals surface area contributed by atoms with Crippen LogP contribution in [0.25, 0.3) is 0 Å². The number of urea groups is 1. The smallest absolute Gasteiger partial charge is 0.325 e. The number of carbonyl (C=O) groups excluding carboxylic acids is 4. The van der Waals surface area contributed by atoms with Crippen molar-refractivity contribution in [2.45, 2.75) is 12.5 Å². The monoisotopic (exact) mass is 446 g/mol. The summed E-state index contributed by atoms with van der Waals surface area (Å²) in [4.78, 5) is 51.8. The molecule has 0 radical (unpaired) electrons. The molecule has 1 saturated heterocycles. The number of rotatable bonds is 6. The minimum absolute atomic E-state index is 0.287. The molecule has 0 saturated carbocycles. The van der Waals surface area contributed by atoms with Crippen LogP contribution in [0, 0.1) is 5.82 Å². The van der Waals surface area contributed by atoms with E-state index in [9.17, 15) is 23.6 Å². The Morgan fingerprint density at radius 2 is 1.87 bits per heavy atom. The van der Waals surface area contributed by atoms with Gasteiger partial charge >= 0.3 is 6.03 Å². The number of nitrogens with one attached hydrogen (secondary N) is 2. The van der Waals surface area contributed by atoms with Gasteiger partial charge < -0.3 is 15.5 Å². The third-order valence-corrected chi connectivity index (χ3v) is 5.14. The lowest BCUT2D eigenvalue weighted by Gasteiger charge is -2.23. The molecular formula is C21H20ClFN4O4. The van der Waals surface area contributed by atoms with Crippen LogP contribution in [0.1, 0.15) is 12.5 Å². The number of benzene rings is 2. The third-order valence-electron chi connectivity index (χ3n) is 4.90. The normalized spacial score (nSPS) is 18.0. The first kappa shape index (κ1) is 22.2. The molecule has 0 spiro atoms. The minimum atomic E-state index is -1.42. The lowest BCUT2D eigenvalue weighted by atomic mass is 9.92. The van der Waals surface area contributed by atoms with Crippen molar-refractivity contribution in [1.82, 2.24) is 15.1 Å². The molecule has 31 heavy (non-hydrogen) atoms. The Balaban J connectivity index is 1.62. The highest BCUT2D eigenvalue weighted by Gasteiger charge is 2.49. The summed E-state index contributed by atoms with van der Waals surface area (Å²) in [6, 6.07) is 10.9. The zero-order chi connectivity index (χ0) is 22.8. The Morgan fingerprint density at radius 3 is 2.52 bits per heavy atom. The van der Waals surface area contributed by atoms with Gasteiger partial charge in [-0.15, -0.1) is 0 Å². The summed E-state index contributed by atoms with van der Waals surface area (Å²) in [6.45, 7) is 0.653. The molecule has 1 fully saturated rings. The van der Waals surface area contributed by atoms with Crippen LogP contribution in [0.3, 0.4) is 0 Å². The zero-order valence-electron chi connectivity index (χ0n) is 16.8. The van der Waals surface area contributed by atoms with Gasteiger partial charge in [-0.1, -0.05) is 29.8 Å². The maximum absolute atomic E-state index is 13.2. The lowest BCUT2D eigenvalue weighted by Crippen LogP contribution is -2.45. The second-order valence-electron chi connectivity index (χ2n) is 7.26. The van der Waals surface area contributed by atoms with Crippen LogP contribution in [-0.2, 0) is 19.9 Å². The van der Waals surface area contributed by atoms with E-state index in [-0.39, 0.29) is 6.54 Å². The Hall–Kier alpha value is -3.46. The summed E-state index contributed by atoms with van der Waals surface area (Å²) >= 11 is 5.87. The van der Waals surface area contributed by atoms with Crippen LogP contribution in [0.5, 0.6) is 0 Å². The van der Waals surface area contributed by atoms with Crippen LogP contribution < -0.4 is 10.6 Å². The van der Waals surface area contributed by atoms with E-state index in [4.69, 9.17) is 11.6 Å². The van der Waals surface area contributed by atoms with Crippen molar-refractivity contribution in [3.05, 3.63) is 64.9 Å². The van der Waals surface area contributed by atoms with E-state index in [1.165, 1.54) is 38.2 Å². The second kappa shape index (κ2) is 8.73. The molecule has 162 valence electrons. The average Bonchev–Trinajstić information content (AvgIpc) is 2.92. The first-order chi connectivity index (χ1) is 14.6. The Morgan fingerprint density at radius 1 is 1.19 bits per heavy atom. The predicted molar refractivity (Wildman–Crippen MR) is 112 cm³/mol. The maximum atomic E-state index is 13.2. The molecule has 0 aromatic heterocycles. The molecule has 10 heteroatoms. The van der Waals surface area contributed by atoms with Gasteiger partial charge in [0.1, 0.15) is 17.9 Å². The first-order valence-corrected chi connectivity index (χ1v) is 9.67. The van der Waals surface area contributed by atoms with E-state index in [1.807, 2.05) is 0 Å². The van der Waals surface area contributed by atoms with Crippen LogP contribution in [0.4, 0.5) is 14.9 Å². The number of hydrogen-bond acceptors (Lipinski definition) is 4. The van der Waals surface area contributed by atoms with Crippen LogP contribution in [0.2, 0.25) is 5.02 Å². The summed E-state index contributed by atoms with van der Waals surface area (Å²) < 4.78 is 13.2. The molecule has 1 unspecified atom stereocenters. The van der Waals surface area contributed by atoms with Crippen LogP contribution >= 0.6 is 11.6 Å². The first-order valence-electron chi connectivity index (χ1n) is 9.29. The number of anilines is 1. The molecule has 2 aromatic rings. The number of carbonyl (C=O) groups is 4. The Bertz CT molecular complexity index is 1050. The highest BCUT2D eigenvalue weighted by atomic mass is 35.5. The van der Waals surface area contributed by atoms with Gasteiger partial charge in [0.15, 0.2) is 0 Å². The van der Waals surface area contributed by atoms with Gasteiger partial charge in [0.05, 0.1) is 6.54 Å². The van der Waals surface area contributed by atoms with E-state index in [2.05, 4.69) is 10.6 Å². The van der Waals surface area contributed by atoms with Gasteiger partial charge in [-0.3, -0.25) is 19.3 Å². The molecule has 2 aromatic carbocycles. The van der Waals surface area contributed by atoms with Gasteiger partial charge in [0, 0.05) is 17.8 Å². The summed E-state index contributed by atoms with van der Waals surface area (Å²) in [5, 5.41) is 5.60. The van der Waals surface area contributed by atoms with E-state index in [0.717, 1.165) is 9.80 Å². The fraction of sp³-hybridized carbons (Fsp3) is 0.238. The van der Waals surface area contributed by atoms with Crippen molar-refractivity contribution in [3.8, 4) is 0 Å². The highest BCUT2D eigenvalue weighted by molar-refractivity contribution is 6.30. The number of likely N-dealkylation sites (N-methyl/N-ethyl adjacent to an activating group) is 1. The van der Waals surface area contributed by atoms with Crippen LogP contribution in [-0.4, -0.2) is 53.7 Å². The molecule has 1 aliphatic heterocycles. The molecule has 0 bridgehead atoms. The maximum Gasteiger partial charge on any atom is 0.325 e. The molecule has 8 nitrogen and oxygen atoms in total. The van der Waals surface area contributed by atoms with Gasteiger partial charge in [0.2, 0.25) is 11.8 Å². The average molecular weight is 447 g/mol. The van der Waals surface area contributed by atoms with E-state index >= 15 is 0 Å². The van der Waals surface area contributed by atoms with Gasteiger partial charge in [0.25, 0.3) is 5.91 Å². The van der Waals surface area contributed by atoms with Crippen molar-refractivity contribution < 1.29 is 23.6 Å².